The zero-order valence-electron chi connectivity index (χ0n) is 16.0. The van der Waals surface area contributed by atoms with Gasteiger partial charge in [0, 0.05) is 39.1 Å². The highest BCUT2D eigenvalue weighted by Gasteiger charge is 2.34. The number of aliphatic hydroxyl groups is 1. The summed E-state index contributed by atoms with van der Waals surface area (Å²) in [6, 6.07) is 9.00. The number of carbonyl (C=O) groups is 1. The summed E-state index contributed by atoms with van der Waals surface area (Å²) >= 11 is 0. The second-order valence-electron chi connectivity index (χ2n) is 7.87. The van der Waals surface area contributed by atoms with Crippen LogP contribution in [0.2, 0.25) is 0 Å². The summed E-state index contributed by atoms with van der Waals surface area (Å²) in [6.07, 6.45) is 1.30. The molecule has 2 saturated heterocycles. The summed E-state index contributed by atoms with van der Waals surface area (Å²) in [5.74, 6) is 2.14. The minimum absolute atomic E-state index is 0.245. The largest absolute Gasteiger partial charge is 0.491 e. The first-order valence-electron chi connectivity index (χ1n) is 9.83. The SMILES string of the molecule is CCC(=O)CN1CC2CC(C1)CN(CC(O)COc1ccc(C#N)cc1)C2. The van der Waals surface area contributed by atoms with Crippen molar-refractivity contribution in [2.45, 2.75) is 25.9 Å². The Morgan fingerprint density at radius 2 is 1.85 bits per heavy atom. The number of nitriles is 1. The fraction of sp³-hybridized carbons (Fsp3) is 0.619. The van der Waals surface area contributed by atoms with Gasteiger partial charge in [0.15, 0.2) is 0 Å². The molecular weight excluding hydrogens is 342 g/mol. The van der Waals surface area contributed by atoms with Crippen molar-refractivity contribution in [1.29, 1.82) is 5.26 Å². The number of carbonyl (C=O) groups excluding carboxylic acids is 1. The number of β-amino-alcohol motifs (C(OH)–C–C–N with tert-alkyl or cyclic N) is 1. The molecule has 0 aliphatic carbocycles. The Hall–Kier alpha value is -1.94. The van der Waals surface area contributed by atoms with Crippen LogP contribution < -0.4 is 4.74 Å². The maximum Gasteiger partial charge on any atom is 0.146 e. The summed E-state index contributed by atoms with van der Waals surface area (Å²) in [4.78, 5) is 16.4. The van der Waals surface area contributed by atoms with Gasteiger partial charge in [0.05, 0.1) is 18.2 Å². The quantitative estimate of drug-likeness (QED) is 0.747. The average Bonchev–Trinajstić information content (AvgIpc) is 2.66. The number of likely N-dealkylation sites (tertiary alicyclic amines) is 2. The fourth-order valence-corrected chi connectivity index (χ4v) is 4.30. The van der Waals surface area contributed by atoms with Crippen LogP contribution in [-0.2, 0) is 4.79 Å². The lowest BCUT2D eigenvalue weighted by Gasteiger charge is -2.46. The minimum Gasteiger partial charge on any atom is -0.491 e. The molecule has 1 N–H and O–H groups in total. The highest BCUT2D eigenvalue weighted by Crippen LogP contribution is 2.28. The van der Waals surface area contributed by atoms with Crippen molar-refractivity contribution in [1.82, 2.24) is 9.80 Å². The number of nitrogens with zero attached hydrogens (tertiary/aromatic N) is 3. The molecular formula is C21H29N3O3. The van der Waals surface area contributed by atoms with Gasteiger partial charge >= 0.3 is 0 Å². The highest BCUT2D eigenvalue weighted by atomic mass is 16.5. The van der Waals surface area contributed by atoms with Crippen LogP contribution in [-0.4, -0.2) is 72.7 Å². The molecule has 1 aromatic carbocycles. The number of ether oxygens (including phenoxy) is 1. The van der Waals surface area contributed by atoms with Crippen LogP contribution in [0.3, 0.4) is 0 Å². The van der Waals surface area contributed by atoms with Gasteiger partial charge in [0.1, 0.15) is 24.2 Å². The summed E-state index contributed by atoms with van der Waals surface area (Å²) in [5, 5.41) is 19.2. The second-order valence-corrected chi connectivity index (χ2v) is 7.87. The molecule has 2 heterocycles. The van der Waals surface area contributed by atoms with Crippen LogP contribution in [0.15, 0.2) is 24.3 Å². The summed E-state index contributed by atoms with van der Waals surface area (Å²) in [6.45, 7) is 7.28. The average molecular weight is 371 g/mol. The van der Waals surface area contributed by atoms with Crippen LogP contribution in [0.5, 0.6) is 5.75 Å². The Balaban J connectivity index is 1.42. The van der Waals surface area contributed by atoms with Gasteiger partial charge in [0.2, 0.25) is 0 Å². The first-order valence-corrected chi connectivity index (χ1v) is 9.83. The van der Waals surface area contributed by atoms with Crippen molar-refractivity contribution in [3.8, 4) is 11.8 Å². The summed E-state index contributed by atoms with van der Waals surface area (Å²) in [7, 11) is 0. The highest BCUT2D eigenvalue weighted by molar-refractivity contribution is 5.80. The van der Waals surface area contributed by atoms with Crippen molar-refractivity contribution < 1.29 is 14.6 Å². The molecule has 1 aromatic rings. The van der Waals surface area contributed by atoms with Crippen molar-refractivity contribution in [2.24, 2.45) is 11.8 Å². The smallest absolute Gasteiger partial charge is 0.146 e. The van der Waals surface area contributed by atoms with Crippen molar-refractivity contribution in [2.75, 3.05) is 45.9 Å². The number of hydrogen-bond acceptors (Lipinski definition) is 6. The van der Waals surface area contributed by atoms with E-state index in [-0.39, 0.29) is 6.61 Å². The van der Waals surface area contributed by atoms with Crippen LogP contribution in [0, 0.1) is 23.2 Å². The Bertz CT molecular complexity index is 656. The maximum atomic E-state index is 11.7. The van der Waals surface area contributed by atoms with Gasteiger partial charge in [-0.05, 0) is 42.5 Å². The lowest BCUT2D eigenvalue weighted by molar-refractivity contribution is -0.121. The van der Waals surface area contributed by atoms with E-state index in [2.05, 4.69) is 15.9 Å². The fourth-order valence-electron chi connectivity index (χ4n) is 4.30. The molecule has 0 spiro atoms. The molecule has 0 saturated carbocycles. The van der Waals surface area contributed by atoms with E-state index in [9.17, 15) is 9.90 Å². The molecule has 2 aliphatic rings. The Morgan fingerprint density at radius 1 is 1.22 bits per heavy atom. The second kappa shape index (κ2) is 9.32. The van der Waals surface area contributed by atoms with E-state index >= 15 is 0 Å². The third-order valence-corrected chi connectivity index (χ3v) is 5.42. The molecule has 0 radical (unpaired) electrons. The van der Waals surface area contributed by atoms with Crippen molar-refractivity contribution in [3.63, 3.8) is 0 Å². The molecule has 146 valence electrons. The van der Waals surface area contributed by atoms with E-state index in [0.29, 0.717) is 48.4 Å². The van der Waals surface area contributed by atoms with Gasteiger partial charge in [-0.25, -0.2) is 0 Å². The van der Waals surface area contributed by atoms with Crippen molar-refractivity contribution >= 4 is 5.78 Å². The molecule has 2 fully saturated rings. The number of fused-ring (bicyclic) bond motifs is 2. The van der Waals surface area contributed by atoms with Crippen LogP contribution in [0.4, 0.5) is 0 Å². The third-order valence-electron chi connectivity index (χ3n) is 5.42. The lowest BCUT2D eigenvalue weighted by Crippen LogP contribution is -2.54. The molecule has 0 aromatic heterocycles. The third kappa shape index (κ3) is 5.77. The van der Waals surface area contributed by atoms with Crippen molar-refractivity contribution in [3.05, 3.63) is 29.8 Å². The minimum atomic E-state index is -0.544. The Morgan fingerprint density at radius 3 is 2.44 bits per heavy atom. The van der Waals surface area contributed by atoms with Gasteiger partial charge in [-0.3, -0.25) is 14.6 Å². The number of ketones is 1. The van der Waals surface area contributed by atoms with E-state index in [4.69, 9.17) is 10.00 Å². The number of piperidine rings is 2. The van der Waals surface area contributed by atoms with Gasteiger partial charge in [-0.2, -0.15) is 5.26 Å². The maximum absolute atomic E-state index is 11.7. The van der Waals surface area contributed by atoms with Crippen LogP contribution in [0.25, 0.3) is 0 Å². The summed E-state index contributed by atoms with van der Waals surface area (Å²) < 4.78 is 5.64. The monoisotopic (exact) mass is 371 g/mol. The molecule has 27 heavy (non-hydrogen) atoms. The predicted molar refractivity (Wildman–Crippen MR) is 102 cm³/mol. The van der Waals surface area contributed by atoms with E-state index in [1.165, 1.54) is 6.42 Å². The van der Waals surface area contributed by atoms with Crippen LogP contribution in [0.1, 0.15) is 25.3 Å². The number of Topliss-reactive ketones (excluding diaryl/α,β-unsaturated/α-hetero) is 1. The van der Waals surface area contributed by atoms with Gasteiger partial charge in [-0.15, -0.1) is 0 Å². The molecule has 6 nitrogen and oxygen atoms in total. The van der Waals surface area contributed by atoms with Crippen LogP contribution >= 0.6 is 0 Å². The van der Waals surface area contributed by atoms with E-state index < -0.39 is 6.10 Å². The first-order chi connectivity index (χ1) is 13.1. The molecule has 6 heteroatoms. The number of aliphatic hydroxyl groups excluding tert-OH is 1. The topological polar surface area (TPSA) is 76.8 Å². The van der Waals surface area contributed by atoms with E-state index in [1.54, 1.807) is 24.3 Å². The number of rotatable bonds is 8. The molecule has 2 bridgehead atoms. The van der Waals surface area contributed by atoms with Gasteiger partial charge in [-0.1, -0.05) is 6.92 Å². The Labute approximate surface area is 161 Å². The normalized spacial score (nSPS) is 24.2. The molecule has 0 amide bonds. The zero-order valence-corrected chi connectivity index (χ0v) is 16.0. The molecule has 2 aliphatic heterocycles. The zero-order chi connectivity index (χ0) is 19.2. The van der Waals surface area contributed by atoms with E-state index in [1.807, 2.05) is 6.92 Å². The van der Waals surface area contributed by atoms with Gasteiger partial charge in [0.25, 0.3) is 0 Å². The predicted octanol–water partition coefficient (Wildman–Crippen LogP) is 1.53. The number of hydrogen-bond donors (Lipinski definition) is 1. The molecule has 3 rings (SSSR count). The molecule has 3 unspecified atom stereocenters. The van der Waals surface area contributed by atoms with E-state index in [0.717, 1.165) is 26.2 Å². The lowest BCUT2D eigenvalue weighted by atomic mass is 9.84. The number of benzene rings is 1. The first kappa shape index (κ1) is 19.8. The standard InChI is InChI=1S/C21H29N3O3/c1-2-19(25)13-23-9-17-7-18(10-23)12-24(11-17)14-20(26)15-27-21-5-3-16(8-22)4-6-21/h3-6,17-18,20,26H,2,7,9-15H2,1H3. The molecule has 3 atom stereocenters. The van der Waals surface area contributed by atoms with Gasteiger partial charge < -0.3 is 9.84 Å². The summed E-state index contributed by atoms with van der Waals surface area (Å²) in [5.41, 5.74) is 0.595. The Kier molecular flexibility index (Phi) is 6.84.